The summed E-state index contributed by atoms with van der Waals surface area (Å²) in [6.45, 7) is 8.11. The molecule has 1 aliphatic heterocycles. The van der Waals surface area contributed by atoms with Crippen LogP contribution < -0.4 is 26.2 Å². The molecule has 4 heterocycles. The molecule has 0 aliphatic carbocycles. The van der Waals surface area contributed by atoms with Crippen LogP contribution in [0.3, 0.4) is 0 Å². The zero-order valence-electron chi connectivity index (χ0n) is 22.3. The van der Waals surface area contributed by atoms with E-state index in [1.54, 1.807) is 6.07 Å². The number of H-pyrrole nitrogens is 1. The molecule has 5 N–H and O–H groups in total. The van der Waals surface area contributed by atoms with E-state index in [4.69, 9.17) is 4.52 Å². The number of aromatic amines is 1. The summed E-state index contributed by atoms with van der Waals surface area (Å²) in [5.41, 5.74) is 2.81. The Hall–Kier alpha value is -4.45. The summed E-state index contributed by atoms with van der Waals surface area (Å²) in [6.07, 6.45) is 2.90. The molecule has 4 aromatic rings. The number of hydrogen-bond donors (Lipinski definition) is 5. The molecule has 5 rings (SSSR count). The van der Waals surface area contributed by atoms with Crippen molar-refractivity contribution < 1.29 is 9.32 Å². The number of aromatic nitrogens is 5. The highest BCUT2D eigenvalue weighted by Crippen LogP contribution is 2.24. The van der Waals surface area contributed by atoms with E-state index >= 15 is 0 Å². The molecule has 0 saturated carbocycles. The van der Waals surface area contributed by atoms with Crippen LogP contribution >= 0.6 is 0 Å². The lowest BCUT2D eigenvalue weighted by atomic mass is 10.1. The number of unbranched alkanes of at least 4 members (excludes halogenated alkanes) is 1. The number of nitrogens with one attached hydrogen (secondary N) is 5. The first-order chi connectivity index (χ1) is 19.1. The number of anilines is 4. The van der Waals surface area contributed by atoms with Crippen molar-refractivity contribution >= 4 is 29.3 Å². The molecule has 1 aromatic carbocycles. The van der Waals surface area contributed by atoms with E-state index in [1.807, 2.05) is 43.3 Å². The lowest BCUT2D eigenvalue weighted by Crippen LogP contribution is -2.44. The number of rotatable bonds is 10. The monoisotopic (exact) mass is 530 g/mol. The Kier molecular flexibility index (Phi) is 8.32. The molecule has 12 nitrogen and oxygen atoms in total. The SMILES string of the molecule is CCCCc1cc(NC(=O)NCc2ccc(-c3cc(Nc4cc(N5CCNCC5)nc(C)n4)n[nH]3)cc2)no1. The fourth-order valence-electron chi connectivity index (χ4n) is 4.32. The Balaban J connectivity index is 1.14. The van der Waals surface area contributed by atoms with Crippen molar-refractivity contribution in [3.63, 3.8) is 0 Å². The molecule has 0 radical (unpaired) electrons. The van der Waals surface area contributed by atoms with Gasteiger partial charge in [0.05, 0.1) is 5.69 Å². The van der Waals surface area contributed by atoms with Crippen molar-refractivity contribution in [1.82, 2.24) is 36.0 Å². The van der Waals surface area contributed by atoms with E-state index < -0.39 is 0 Å². The van der Waals surface area contributed by atoms with Crippen molar-refractivity contribution in [1.29, 1.82) is 0 Å². The highest BCUT2D eigenvalue weighted by Gasteiger charge is 2.14. The maximum Gasteiger partial charge on any atom is 0.320 e. The predicted octanol–water partition coefficient (Wildman–Crippen LogP) is 3.98. The van der Waals surface area contributed by atoms with Crippen molar-refractivity contribution in [2.45, 2.75) is 39.7 Å². The maximum atomic E-state index is 12.2. The fourth-order valence-corrected chi connectivity index (χ4v) is 4.32. The van der Waals surface area contributed by atoms with E-state index in [2.05, 4.69) is 58.4 Å². The van der Waals surface area contributed by atoms with Crippen LogP contribution in [0.1, 0.15) is 36.9 Å². The molecule has 0 spiro atoms. The van der Waals surface area contributed by atoms with Crippen LogP contribution in [-0.2, 0) is 13.0 Å². The number of piperazine rings is 1. The van der Waals surface area contributed by atoms with Crippen molar-refractivity contribution in [2.24, 2.45) is 0 Å². The normalized spacial score (nSPS) is 13.3. The van der Waals surface area contributed by atoms with E-state index in [0.29, 0.717) is 29.8 Å². The molecule has 1 aliphatic rings. The number of nitrogens with zero attached hydrogens (tertiary/aromatic N) is 5. The summed E-state index contributed by atoms with van der Waals surface area (Å²) in [4.78, 5) is 23.6. The Labute approximate surface area is 227 Å². The smallest absolute Gasteiger partial charge is 0.320 e. The minimum atomic E-state index is -0.334. The van der Waals surface area contributed by atoms with E-state index in [9.17, 15) is 4.79 Å². The third-order valence-electron chi connectivity index (χ3n) is 6.39. The van der Waals surface area contributed by atoms with Gasteiger partial charge in [0.25, 0.3) is 0 Å². The lowest BCUT2D eigenvalue weighted by Gasteiger charge is -2.28. The van der Waals surface area contributed by atoms with Gasteiger partial charge < -0.3 is 25.4 Å². The minimum Gasteiger partial charge on any atom is -0.359 e. The summed E-state index contributed by atoms with van der Waals surface area (Å²) >= 11 is 0. The first-order valence-electron chi connectivity index (χ1n) is 13.3. The predicted molar refractivity (Wildman–Crippen MR) is 150 cm³/mol. The van der Waals surface area contributed by atoms with Crippen molar-refractivity contribution in [2.75, 3.05) is 41.7 Å². The molecule has 0 unspecified atom stereocenters. The second kappa shape index (κ2) is 12.4. The summed E-state index contributed by atoms with van der Waals surface area (Å²) in [6, 6.07) is 13.2. The van der Waals surface area contributed by atoms with Crippen molar-refractivity contribution in [3.8, 4) is 11.3 Å². The third kappa shape index (κ3) is 7.11. The number of amides is 2. The molecule has 2 amide bonds. The topological polar surface area (TPSA) is 149 Å². The first-order valence-corrected chi connectivity index (χ1v) is 13.3. The van der Waals surface area contributed by atoms with Crippen LogP contribution in [-0.4, -0.2) is 57.5 Å². The number of carbonyl (C=O) groups excluding carboxylic acids is 1. The molecule has 3 aromatic heterocycles. The van der Waals surface area contributed by atoms with Crippen LogP contribution in [0.5, 0.6) is 0 Å². The molecule has 0 bridgehead atoms. The third-order valence-corrected chi connectivity index (χ3v) is 6.39. The number of hydrogen-bond acceptors (Lipinski definition) is 9. The highest BCUT2D eigenvalue weighted by atomic mass is 16.5. The summed E-state index contributed by atoms with van der Waals surface area (Å²) < 4.78 is 5.24. The van der Waals surface area contributed by atoms with Crippen LogP contribution in [0.2, 0.25) is 0 Å². The summed E-state index contributed by atoms with van der Waals surface area (Å²) in [7, 11) is 0. The van der Waals surface area contributed by atoms with Crippen LogP contribution in [0.4, 0.5) is 28.1 Å². The molecular weight excluding hydrogens is 496 g/mol. The second-order valence-corrected chi connectivity index (χ2v) is 9.47. The van der Waals surface area contributed by atoms with Crippen molar-refractivity contribution in [3.05, 3.63) is 59.6 Å². The highest BCUT2D eigenvalue weighted by molar-refractivity contribution is 5.88. The van der Waals surface area contributed by atoms with E-state index in [1.165, 1.54) is 0 Å². The average Bonchev–Trinajstić information content (AvgIpc) is 3.61. The number of carbonyl (C=O) groups is 1. The standard InChI is InChI=1S/C27H34N10O2/c1-3-4-5-21-14-25(36-39-21)33-27(38)29-17-19-6-8-20(9-7-19)22-15-24(35-34-22)32-23-16-26(31-18(2)30-23)37-12-10-28-11-13-37/h6-9,14-16,28H,3-5,10-13,17H2,1-2H3,(H2,29,33,36,38)(H2,30,31,32,34,35). The van der Waals surface area contributed by atoms with E-state index in [0.717, 1.165) is 73.8 Å². The van der Waals surface area contributed by atoms with E-state index in [-0.39, 0.29) is 6.03 Å². The Bertz CT molecular complexity index is 1380. The molecule has 0 atom stereocenters. The Morgan fingerprint density at radius 2 is 1.87 bits per heavy atom. The molecule has 204 valence electrons. The first kappa shape index (κ1) is 26.2. The van der Waals surface area contributed by atoms with Gasteiger partial charge in [-0.15, -0.1) is 0 Å². The molecule has 12 heteroatoms. The quantitative estimate of drug-likeness (QED) is 0.205. The summed E-state index contributed by atoms with van der Waals surface area (Å²) in [5.74, 6) is 4.18. The van der Waals surface area contributed by atoms with Gasteiger partial charge in [0.2, 0.25) is 0 Å². The number of aryl methyl sites for hydroxylation is 2. The zero-order valence-corrected chi connectivity index (χ0v) is 22.3. The molecule has 1 saturated heterocycles. The molecular formula is C27H34N10O2. The minimum absolute atomic E-state index is 0.334. The van der Waals surface area contributed by atoms with Gasteiger partial charge in [0.15, 0.2) is 11.6 Å². The van der Waals surface area contributed by atoms with Gasteiger partial charge in [-0.3, -0.25) is 10.4 Å². The van der Waals surface area contributed by atoms with Gasteiger partial charge in [-0.25, -0.2) is 14.8 Å². The van der Waals surface area contributed by atoms with Gasteiger partial charge in [-0.05, 0) is 24.5 Å². The maximum absolute atomic E-state index is 12.2. The van der Waals surface area contributed by atoms with Gasteiger partial charge >= 0.3 is 6.03 Å². The van der Waals surface area contributed by atoms with Crippen LogP contribution in [0.15, 0.2) is 47.0 Å². The van der Waals surface area contributed by atoms with Gasteiger partial charge in [-0.2, -0.15) is 5.10 Å². The molecule has 39 heavy (non-hydrogen) atoms. The van der Waals surface area contributed by atoms with Gasteiger partial charge in [0, 0.05) is 57.3 Å². The summed E-state index contributed by atoms with van der Waals surface area (Å²) in [5, 5.41) is 23.6. The second-order valence-electron chi connectivity index (χ2n) is 9.47. The zero-order chi connectivity index (χ0) is 27.0. The lowest BCUT2D eigenvalue weighted by molar-refractivity contribution is 0.251. The molecule has 1 fully saturated rings. The Morgan fingerprint density at radius 1 is 1.05 bits per heavy atom. The number of urea groups is 1. The fraction of sp³-hybridized carbons (Fsp3) is 0.370. The van der Waals surface area contributed by atoms with Crippen LogP contribution in [0, 0.1) is 6.92 Å². The van der Waals surface area contributed by atoms with Gasteiger partial charge in [-0.1, -0.05) is 42.8 Å². The van der Waals surface area contributed by atoms with Gasteiger partial charge in [0.1, 0.15) is 23.2 Å². The van der Waals surface area contributed by atoms with Crippen LogP contribution in [0.25, 0.3) is 11.3 Å². The average molecular weight is 531 g/mol. The number of benzene rings is 1. The largest absolute Gasteiger partial charge is 0.359 e. The Morgan fingerprint density at radius 3 is 2.67 bits per heavy atom.